The van der Waals surface area contributed by atoms with Crippen molar-refractivity contribution in [3.05, 3.63) is 83.7 Å². The van der Waals surface area contributed by atoms with Crippen LogP contribution in [-0.4, -0.2) is 20.9 Å². The van der Waals surface area contributed by atoms with Gasteiger partial charge < -0.3 is 10.1 Å². The van der Waals surface area contributed by atoms with E-state index in [4.69, 9.17) is 10.00 Å². The lowest BCUT2D eigenvalue weighted by atomic mass is 10.2. The third-order valence-corrected chi connectivity index (χ3v) is 5.57. The van der Waals surface area contributed by atoms with Crippen LogP contribution in [0.1, 0.15) is 11.1 Å². The molecule has 0 aliphatic carbocycles. The zero-order valence-electron chi connectivity index (χ0n) is 16.4. The average Bonchev–Trinajstić information content (AvgIpc) is 2.74. The van der Waals surface area contributed by atoms with Crippen molar-refractivity contribution in [2.45, 2.75) is 11.8 Å². The Morgan fingerprint density at radius 2 is 1.81 bits per heavy atom. The summed E-state index contributed by atoms with van der Waals surface area (Å²) < 4.78 is 45.9. The van der Waals surface area contributed by atoms with E-state index in [0.717, 1.165) is 12.1 Å². The van der Waals surface area contributed by atoms with Gasteiger partial charge in [-0.3, -0.25) is 9.52 Å². The second kappa shape index (κ2) is 9.28. The number of amides is 1. The molecule has 1 amide bonds. The molecule has 3 aromatic rings. The number of aryl methyl sites for hydroxylation is 1. The Hall–Kier alpha value is -3.90. The van der Waals surface area contributed by atoms with Crippen LogP contribution in [0.25, 0.3) is 0 Å². The molecule has 0 aromatic heterocycles. The number of nitriles is 1. The summed E-state index contributed by atoms with van der Waals surface area (Å²) in [6.45, 7) is 1.36. The van der Waals surface area contributed by atoms with Gasteiger partial charge in [0, 0.05) is 11.4 Å². The predicted octanol–water partition coefficient (Wildman–Crippen LogP) is 3.82. The average molecular weight is 439 g/mol. The van der Waals surface area contributed by atoms with Crippen molar-refractivity contribution in [3.8, 4) is 11.8 Å². The third-order valence-electron chi connectivity index (χ3n) is 4.19. The molecule has 0 unspecified atom stereocenters. The smallest absolute Gasteiger partial charge is 0.262 e. The predicted molar refractivity (Wildman–Crippen MR) is 114 cm³/mol. The number of rotatable bonds is 7. The van der Waals surface area contributed by atoms with E-state index in [2.05, 4.69) is 10.0 Å². The van der Waals surface area contributed by atoms with Gasteiger partial charge in [-0.05, 0) is 73.2 Å². The molecule has 158 valence electrons. The van der Waals surface area contributed by atoms with E-state index in [9.17, 15) is 17.6 Å². The summed E-state index contributed by atoms with van der Waals surface area (Å²) >= 11 is 0. The number of anilines is 2. The zero-order valence-corrected chi connectivity index (χ0v) is 17.2. The SMILES string of the molecule is Cc1cc(S(=O)(=O)Nc2ccc(F)cc2)ccc1OCC(=O)Nc1cccc(C#N)c1. The molecule has 3 aromatic carbocycles. The number of nitrogens with zero attached hydrogens (tertiary/aromatic N) is 1. The summed E-state index contributed by atoms with van der Waals surface area (Å²) in [5.41, 5.74) is 1.64. The fraction of sp³-hybridized carbons (Fsp3) is 0.0909. The van der Waals surface area contributed by atoms with Crippen molar-refractivity contribution in [1.82, 2.24) is 0 Å². The van der Waals surface area contributed by atoms with E-state index in [1.54, 1.807) is 25.1 Å². The number of hydrogen-bond donors (Lipinski definition) is 2. The van der Waals surface area contributed by atoms with Crippen molar-refractivity contribution in [3.63, 3.8) is 0 Å². The molecule has 31 heavy (non-hydrogen) atoms. The van der Waals surface area contributed by atoms with E-state index in [1.807, 2.05) is 6.07 Å². The highest BCUT2D eigenvalue weighted by molar-refractivity contribution is 7.92. The molecule has 0 atom stereocenters. The van der Waals surface area contributed by atoms with E-state index in [1.165, 1.54) is 36.4 Å². The van der Waals surface area contributed by atoms with Crippen LogP contribution < -0.4 is 14.8 Å². The van der Waals surface area contributed by atoms with Crippen molar-refractivity contribution >= 4 is 27.3 Å². The minimum Gasteiger partial charge on any atom is -0.483 e. The molecular formula is C22H18FN3O4S. The number of carbonyl (C=O) groups excluding carboxylic acids is 1. The highest BCUT2D eigenvalue weighted by atomic mass is 32.2. The van der Waals surface area contributed by atoms with Crippen LogP contribution in [0.15, 0.2) is 71.6 Å². The van der Waals surface area contributed by atoms with Crippen molar-refractivity contribution in [2.24, 2.45) is 0 Å². The first-order chi connectivity index (χ1) is 14.8. The van der Waals surface area contributed by atoms with Crippen LogP contribution in [0.4, 0.5) is 15.8 Å². The van der Waals surface area contributed by atoms with Gasteiger partial charge >= 0.3 is 0 Å². The van der Waals surface area contributed by atoms with Crippen LogP contribution in [0, 0.1) is 24.1 Å². The molecule has 0 bridgehead atoms. The lowest BCUT2D eigenvalue weighted by molar-refractivity contribution is -0.118. The van der Waals surface area contributed by atoms with Crippen LogP contribution in [0.2, 0.25) is 0 Å². The fourth-order valence-corrected chi connectivity index (χ4v) is 3.83. The Balaban J connectivity index is 1.64. The van der Waals surface area contributed by atoms with Gasteiger partial charge in [-0.25, -0.2) is 12.8 Å². The maximum absolute atomic E-state index is 13.0. The number of halogens is 1. The lowest BCUT2D eigenvalue weighted by Gasteiger charge is -2.12. The Bertz CT molecular complexity index is 1250. The number of nitrogens with one attached hydrogen (secondary N) is 2. The van der Waals surface area contributed by atoms with Crippen LogP contribution in [-0.2, 0) is 14.8 Å². The number of benzene rings is 3. The molecule has 2 N–H and O–H groups in total. The van der Waals surface area contributed by atoms with Crippen molar-refractivity contribution in [2.75, 3.05) is 16.6 Å². The normalized spacial score (nSPS) is 10.7. The molecule has 0 saturated heterocycles. The molecule has 0 spiro atoms. The van der Waals surface area contributed by atoms with Gasteiger partial charge in [-0.1, -0.05) is 6.07 Å². The second-order valence-electron chi connectivity index (χ2n) is 6.57. The molecule has 0 heterocycles. The number of sulfonamides is 1. The standard InChI is InChI=1S/C22H18FN3O4S/c1-15-11-20(31(28,29)26-18-7-5-17(23)6-8-18)9-10-21(15)30-14-22(27)25-19-4-2-3-16(12-19)13-24/h2-12,26H,14H2,1H3,(H,25,27). The van der Waals surface area contributed by atoms with Crippen LogP contribution in [0.3, 0.4) is 0 Å². The second-order valence-corrected chi connectivity index (χ2v) is 8.25. The maximum atomic E-state index is 13.0. The van der Waals surface area contributed by atoms with Gasteiger partial charge in [0.2, 0.25) is 0 Å². The summed E-state index contributed by atoms with van der Waals surface area (Å²) in [5.74, 6) is -0.548. The number of ether oxygens (including phenoxy) is 1. The lowest BCUT2D eigenvalue weighted by Crippen LogP contribution is -2.20. The summed E-state index contributed by atoms with van der Waals surface area (Å²) in [5, 5.41) is 11.5. The molecular weight excluding hydrogens is 421 g/mol. The van der Waals surface area contributed by atoms with Gasteiger partial charge in [-0.2, -0.15) is 5.26 Å². The molecule has 3 rings (SSSR count). The topological polar surface area (TPSA) is 108 Å². The van der Waals surface area contributed by atoms with Gasteiger partial charge in [0.25, 0.3) is 15.9 Å². The van der Waals surface area contributed by atoms with Crippen molar-refractivity contribution < 1.29 is 22.3 Å². The minimum atomic E-state index is -3.88. The van der Waals surface area contributed by atoms with E-state index < -0.39 is 21.7 Å². The van der Waals surface area contributed by atoms with E-state index >= 15 is 0 Å². The van der Waals surface area contributed by atoms with E-state index in [-0.39, 0.29) is 17.2 Å². The first-order valence-electron chi connectivity index (χ1n) is 9.09. The third kappa shape index (κ3) is 5.81. The van der Waals surface area contributed by atoms with Gasteiger partial charge in [0.15, 0.2) is 6.61 Å². The van der Waals surface area contributed by atoms with Gasteiger partial charge in [0.1, 0.15) is 11.6 Å². The molecule has 0 saturated carbocycles. The Morgan fingerprint density at radius 3 is 2.48 bits per heavy atom. The molecule has 0 radical (unpaired) electrons. The fourth-order valence-electron chi connectivity index (χ4n) is 2.69. The van der Waals surface area contributed by atoms with Gasteiger partial charge in [0.05, 0.1) is 16.5 Å². The minimum absolute atomic E-state index is 0.000514. The van der Waals surface area contributed by atoms with Crippen molar-refractivity contribution in [1.29, 1.82) is 5.26 Å². The summed E-state index contributed by atoms with van der Waals surface area (Å²) in [6.07, 6.45) is 0. The summed E-state index contributed by atoms with van der Waals surface area (Å²) in [6, 6.07) is 17.6. The first kappa shape index (κ1) is 21.8. The largest absolute Gasteiger partial charge is 0.483 e. The molecule has 9 heteroatoms. The molecule has 7 nitrogen and oxygen atoms in total. The van der Waals surface area contributed by atoms with Gasteiger partial charge in [-0.15, -0.1) is 0 Å². The summed E-state index contributed by atoms with van der Waals surface area (Å²) in [4.78, 5) is 12.1. The maximum Gasteiger partial charge on any atom is 0.262 e. The molecule has 0 fully saturated rings. The van der Waals surface area contributed by atoms with Crippen LogP contribution >= 0.6 is 0 Å². The van der Waals surface area contributed by atoms with Crippen LogP contribution in [0.5, 0.6) is 5.75 Å². The summed E-state index contributed by atoms with van der Waals surface area (Å²) in [7, 11) is -3.88. The monoisotopic (exact) mass is 439 g/mol. The number of carbonyl (C=O) groups is 1. The molecule has 0 aliphatic heterocycles. The Labute approximate surface area is 179 Å². The Kier molecular flexibility index (Phi) is 6.52. The highest BCUT2D eigenvalue weighted by Gasteiger charge is 2.16. The quantitative estimate of drug-likeness (QED) is 0.582. The first-order valence-corrected chi connectivity index (χ1v) is 10.6. The van der Waals surface area contributed by atoms with E-state index in [0.29, 0.717) is 22.6 Å². The Morgan fingerprint density at radius 1 is 1.06 bits per heavy atom. The molecule has 0 aliphatic rings. The highest BCUT2D eigenvalue weighted by Crippen LogP contribution is 2.24. The number of hydrogen-bond acceptors (Lipinski definition) is 5. The zero-order chi connectivity index (χ0) is 22.4.